The van der Waals surface area contributed by atoms with Gasteiger partial charge in [-0.3, -0.25) is 4.98 Å². The summed E-state index contributed by atoms with van der Waals surface area (Å²) in [5.41, 5.74) is 3.37. The average molecular weight is 404 g/mol. The second kappa shape index (κ2) is 8.07. The quantitative estimate of drug-likeness (QED) is 0.666. The van der Waals surface area contributed by atoms with Crippen molar-refractivity contribution in [2.24, 2.45) is 0 Å². The van der Waals surface area contributed by atoms with Crippen molar-refractivity contribution in [1.29, 1.82) is 0 Å². The molecule has 0 saturated carbocycles. The molecule has 0 unspecified atom stereocenters. The molecule has 2 aliphatic rings. The molecule has 0 N–H and O–H groups in total. The lowest BCUT2D eigenvalue weighted by Gasteiger charge is -2.38. The lowest BCUT2D eigenvalue weighted by Crippen LogP contribution is -2.47. The summed E-state index contributed by atoms with van der Waals surface area (Å²) >= 11 is 0. The van der Waals surface area contributed by atoms with Crippen LogP contribution in [0.1, 0.15) is 5.69 Å². The van der Waals surface area contributed by atoms with Crippen LogP contribution in [-0.4, -0.2) is 79.3 Å². The Bertz CT molecular complexity index is 1020. The number of likely N-dealkylation sites (N-methyl/N-ethyl adjacent to an activating group) is 1. The highest BCUT2D eigenvalue weighted by molar-refractivity contribution is 5.91. The van der Waals surface area contributed by atoms with E-state index in [1.165, 1.54) is 11.1 Å². The summed E-state index contributed by atoms with van der Waals surface area (Å²) in [6.07, 6.45) is 1.92. The fourth-order valence-electron chi connectivity index (χ4n) is 4.38. The number of para-hydroxylation sites is 1. The van der Waals surface area contributed by atoms with Crippen molar-refractivity contribution in [2.45, 2.75) is 6.92 Å². The molecule has 5 rings (SSSR count). The highest BCUT2D eigenvalue weighted by Gasteiger charge is 2.22. The molecule has 0 spiro atoms. The molecule has 1 aromatic carbocycles. The lowest BCUT2D eigenvalue weighted by atomic mass is 10.1. The summed E-state index contributed by atoms with van der Waals surface area (Å²) in [7, 11) is 2.17. The first-order chi connectivity index (χ1) is 14.7. The van der Waals surface area contributed by atoms with Crippen LogP contribution in [-0.2, 0) is 0 Å². The number of anilines is 3. The van der Waals surface area contributed by atoms with E-state index in [1.54, 1.807) is 0 Å². The SMILES string of the molecule is Cc1cc(N2CCN(c3ccnc4ccccc34)CC2)nc(N2CCN(C)CC2)n1. The molecule has 0 aliphatic carbocycles. The van der Waals surface area contributed by atoms with E-state index in [0.717, 1.165) is 75.3 Å². The Labute approximate surface area is 178 Å². The second-order valence-corrected chi connectivity index (χ2v) is 8.28. The summed E-state index contributed by atoms with van der Waals surface area (Å²) in [6.45, 7) is 10.0. The molecule has 0 bridgehead atoms. The van der Waals surface area contributed by atoms with Crippen molar-refractivity contribution in [3.63, 3.8) is 0 Å². The third-order valence-electron chi connectivity index (χ3n) is 6.19. The predicted octanol–water partition coefficient (Wildman–Crippen LogP) is 2.41. The molecule has 0 amide bonds. The summed E-state index contributed by atoms with van der Waals surface area (Å²) in [6, 6.07) is 12.6. The number of nitrogens with zero attached hydrogens (tertiary/aromatic N) is 7. The van der Waals surface area contributed by atoms with Gasteiger partial charge in [-0.1, -0.05) is 18.2 Å². The van der Waals surface area contributed by atoms with Gasteiger partial charge in [0.2, 0.25) is 5.95 Å². The Morgan fingerprint density at radius 3 is 2.27 bits per heavy atom. The van der Waals surface area contributed by atoms with E-state index in [1.807, 2.05) is 12.3 Å². The van der Waals surface area contributed by atoms with E-state index in [4.69, 9.17) is 9.97 Å². The van der Waals surface area contributed by atoms with Crippen LogP contribution in [0, 0.1) is 6.92 Å². The monoisotopic (exact) mass is 403 g/mol. The van der Waals surface area contributed by atoms with Crippen LogP contribution < -0.4 is 14.7 Å². The van der Waals surface area contributed by atoms with Crippen molar-refractivity contribution >= 4 is 28.4 Å². The molecule has 3 aromatic rings. The van der Waals surface area contributed by atoms with Crippen LogP contribution in [0.4, 0.5) is 17.5 Å². The van der Waals surface area contributed by atoms with E-state index in [0.29, 0.717) is 0 Å². The van der Waals surface area contributed by atoms with Crippen molar-refractivity contribution in [3.05, 3.63) is 48.3 Å². The van der Waals surface area contributed by atoms with Gasteiger partial charge in [0.05, 0.1) is 5.52 Å². The van der Waals surface area contributed by atoms with E-state index in [2.05, 4.69) is 68.9 Å². The van der Waals surface area contributed by atoms with E-state index in [-0.39, 0.29) is 0 Å². The summed E-state index contributed by atoms with van der Waals surface area (Å²) in [5, 5.41) is 1.23. The van der Waals surface area contributed by atoms with Gasteiger partial charge in [0.15, 0.2) is 0 Å². The number of pyridine rings is 1. The van der Waals surface area contributed by atoms with E-state index >= 15 is 0 Å². The average Bonchev–Trinajstić information content (AvgIpc) is 2.79. The molecule has 7 heteroatoms. The molecule has 0 atom stereocenters. The number of hydrogen-bond donors (Lipinski definition) is 0. The Morgan fingerprint density at radius 1 is 0.767 bits per heavy atom. The fraction of sp³-hybridized carbons (Fsp3) is 0.435. The number of benzene rings is 1. The minimum Gasteiger partial charge on any atom is -0.367 e. The summed E-state index contributed by atoms with van der Waals surface area (Å²) in [4.78, 5) is 23.7. The van der Waals surface area contributed by atoms with Gasteiger partial charge in [-0.05, 0) is 26.1 Å². The first-order valence-electron chi connectivity index (χ1n) is 10.8. The zero-order valence-corrected chi connectivity index (χ0v) is 17.8. The van der Waals surface area contributed by atoms with Gasteiger partial charge < -0.3 is 19.6 Å². The molecule has 2 aliphatic heterocycles. The maximum absolute atomic E-state index is 4.95. The van der Waals surface area contributed by atoms with Gasteiger partial charge in [-0.2, -0.15) is 4.98 Å². The van der Waals surface area contributed by atoms with Crippen molar-refractivity contribution in [3.8, 4) is 0 Å². The number of fused-ring (bicyclic) bond motifs is 1. The standard InChI is InChI=1S/C23H29N7/c1-18-17-22(26-23(25-18)30-11-9-27(2)10-12-30)29-15-13-28(14-16-29)21-7-8-24-20-6-4-3-5-19(20)21/h3-8,17H,9-16H2,1-2H3. The largest absolute Gasteiger partial charge is 0.367 e. The second-order valence-electron chi connectivity index (χ2n) is 8.28. The topological polar surface area (TPSA) is 51.6 Å². The van der Waals surface area contributed by atoms with Gasteiger partial charge in [-0.25, -0.2) is 4.98 Å². The molecular weight excluding hydrogens is 374 g/mol. The fourth-order valence-corrected chi connectivity index (χ4v) is 4.38. The van der Waals surface area contributed by atoms with Crippen LogP contribution in [0.15, 0.2) is 42.6 Å². The first-order valence-corrected chi connectivity index (χ1v) is 10.8. The number of piperazine rings is 2. The smallest absolute Gasteiger partial charge is 0.227 e. The van der Waals surface area contributed by atoms with Crippen molar-refractivity contribution in [1.82, 2.24) is 19.9 Å². The molecule has 0 radical (unpaired) electrons. The van der Waals surface area contributed by atoms with Gasteiger partial charge in [0, 0.05) is 81.4 Å². The highest BCUT2D eigenvalue weighted by atomic mass is 15.3. The third kappa shape index (κ3) is 3.77. The zero-order valence-electron chi connectivity index (χ0n) is 17.8. The van der Waals surface area contributed by atoms with Crippen LogP contribution in [0.5, 0.6) is 0 Å². The Balaban J connectivity index is 1.32. The van der Waals surface area contributed by atoms with Gasteiger partial charge >= 0.3 is 0 Å². The molecule has 156 valence electrons. The maximum Gasteiger partial charge on any atom is 0.227 e. The number of rotatable bonds is 3. The molecule has 2 aromatic heterocycles. The normalized spacial score (nSPS) is 18.3. The molecule has 4 heterocycles. The van der Waals surface area contributed by atoms with Crippen LogP contribution >= 0.6 is 0 Å². The van der Waals surface area contributed by atoms with Crippen molar-refractivity contribution in [2.75, 3.05) is 74.1 Å². The zero-order chi connectivity index (χ0) is 20.5. The van der Waals surface area contributed by atoms with Crippen LogP contribution in [0.2, 0.25) is 0 Å². The molecule has 2 fully saturated rings. The Morgan fingerprint density at radius 2 is 1.47 bits per heavy atom. The van der Waals surface area contributed by atoms with Gasteiger partial charge in [-0.15, -0.1) is 0 Å². The minimum atomic E-state index is 0.876. The highest BCUT2D eigenvalue weighted by Crippen LogP contribution is 2.27. The predicted molar refractivity (Wildman–Crippen MR) is 123 cm³/mol. The summed E-state index contributed by atoms with van der Waals surface area (Å²) in [5.74, 6) is 1.93. The van der Waals surface area contributed by atoms with Crippen molar-refractivity contribution < 1.29 is 0 Å². The number of aromatic nitrogens is 3. The van der Waals surface area contributed by atoms with E-state index < -0.39 is 0 Å². The third-order valence-corrected chi connectivity index (χ3v) is 6.19. The summed E-state index contributed by atoms with van der Waals surface area (Å²) < 4.78 is 0. The first kappa shape index (κ1) is 19.1. The van der Waals surface area contributed by atoms with Gasteiger partial charge in [0.25, 0.3) is 0 Å². The van der Waals surface area contributed by atoms with Gasteiger partial charge in [0.1, 0.15) is 5.82 Å². The minimum absolute atomic E-state index is 0.876. The van der Waals surface area contributed by atoms with Crippen LogP contribution in [0.3, 0.4) is 0 Å². The lowest BCUT2D eigenvalue weighted by molar-refractivity contribution is 0.311. The number of aryl methyl sites for hydroxylation is 1. The molecule has 7 nitrogen and oxygen atoms in total. The van der Waals surface area contributed by atoms with E-state index in [9.17, 15) is 0 Å². The van der Waals surface area contributed by atoms with Crippen LogP contribution in [0.25, 0.3) is 10.9 Å². The maximum atomic E-state index is 4.95. The Kier molecular flexibility index (Phi) is 5.12. The Hall–Kier alpha value is -2.93. The molecular formula is C23H29N7. The molecule has 30 heavy (non-hydrogen) atoms. The molecule has 2 saturated heterocycles. The number of hydrogen-bond acceptors (Lipinski definition) is 7.